The summed E-state index contributed by atoms with van der Waals surface area (Å²) in [6, 6.07) is 3.64. The van der Waals surface area contributed by atoms with E-state index >= 15 is 0 Å². The molecule has 1 saturated heterocycles. The maximum absolute atomic E-state index is 12.9. The Morgan fingerprint density at radius 2 is 2.08 bits per heavy atom. The number of carbonyl (C=O) groups is 2. The fourth-order valence-electron chi connectivity index (χ4n) is 3.27. The van der Waals surface area contributed by atoms with Crippen LogP contribution < -0.4 is 5.32 Å². The molecule has 1 atom stereocenters. The quantitative estimate of drug-likeness (QED) is 0.893. The Labute approximate surface area is 140 Å². The topological polar surface area (TPSA) is 88.1 Å². The van der Waals surface area contributed by atoms with Crippen molar-refractivity contribution < 1.29 is 9.59 Å². The molecule has 1 aliphatic rings. The molecule has 0 unspecified atom stereocenters. The zero-order valence-corrected chi connectivity index (χ0v) is 13.5. The third-order valence-corrected chi connectivity index (χ3v) is 4.35. The number of rotatable bonds is 4. The van der Waals surface area contributed by atoms with Gasteiger partial charge in [0.1, 0.15) is 0 Å². The van der Waals surface area contributed by atoms with Gasteiger partial charge in [0.15, 0.2) is 5.54 Å². The first-order valence-electron chi connectivity index (χ1n) is 7.86. The first-order chi connectivity index (χ1) is 11.7. The summed E-state index contributed by atoms with van der Waals surface area (Å²) in [6.45, 7) is 0.517. The molecule has 2 aromatic heterocycles. The molecule has 1 fully saturated rings. The van der Waals surface area contributed by atoms with Crippen LogP contribution in [0.4, 0.5) is 0 Å². The second-order valence-corrected chi connectivity index (χ2v) is 5.72. The lowest BCUT2D eigenvalue weighted by atomic mass is 9.90. The van der Waals surface area contributed by atoms with Crippen LogP contribution in [-0.2, 0) is 21.5 Å². The molecule has 3 rings (SSSR count). The average molecular weight is 325 g/mol. The molecule has 0 bridgehead atoms. The van der Waals surface area contributed by atoms with Gasteiger partial charge in [-0.15, -0.1) is 0 Å². The molecule has 0 saturated carbocycles. The standard InChI is InChI=1S/C17H19N5O2/c1-18-16(24)17(14-12-20-7-8-21-14)5-3-9-22(17)15(23)10-13-4-2-6-19-11-13/h2,4,6-8,11-12H,3,5,9-10H2,1H3,(H,18,24)/t17-/m0/s1. The summed E-state index contributed by atoms with van der Waals surface area (Å²) in [5.41, 5.74) is 0.225. The van der Waals surface area contributed by atoms with Crippen LogP contribution in [0.1, 0.15) is 24.1 Å². The van der Waals surface area contributed by atoms with Crippen LogP contribution >= 0.6 is 0 Å². The number of nitrogens with one attached hydrogen (secondary N) is 1. The summed E-state index contributed by atoms with van der Waals surface area (Å²) >= 11 is 0. The molecule has 2 amide bonds. The Balaban J connectivity index is 1.96. The minimum atomic E-state index is -1.09. The van der Waals surface area contributed by atoms with E-state index in [1.54, 1.807) is 49.0 Å². The Morgan fingerprint density at radius 3 is 2.75 bits per heavy atom. The fraction of sp³-hybridized carbons (Fsp3) is 0.353. The van der Waals surface area contributed by atoms with Crippen molar-refractivity contribution in [3.8, 4) is 0 Å². The second-order valence-electron chi connectivity index (χ2n) is 5.72. The summed E-state index contributed by atoms with van der Waals surface area (Å²) in [5.74, 6) is -0.352. The number of likely N-dealkylation sites (tertiary alicyclic amines) is 1. The average Bonchev–Trinajstić information content (AvgIpc) is 3.09. The Morgan fingerprint density at radius 1 is 1.25 bits per heavy atom. The number of hydrogen-bond acceptors (Lipinski definition) is 5. The van der Waals surface area contributed by atoms with Crippen molar-refractivity contribution in [3.05, 3.63) is 54.4 Å². The maximum Gasteiger partial charge on any atom is 0.252 e. The maximum atomic E-state index is 12.9. The summed E-state index contributed by atoms with van der Waals surface area (Å²) in [6.07, 6.45) is 9.46. The molecule has 24 heavy (non-hydrogen) atoms. The molecule has 0 aromatic carbocycles. The normalized spacial score (nSPS) is 20.0. The van der Waals surface area contributed by atoms with Crippen molar-refractivity contribution in [2.75, 3.05) is 13.6 Å². The van der Waals surface area contributed by atoms with Gasteiger partial charge in [0.2, 0.25) is 5.91 Å². The third-order valence-electron chi connectivity index (χ3n) is 4.35. The molecular weight excluding hydrogens is 306 g/mol. The molecule has 7 heteroatoms. The summed E-state index contributed by atoms with van der Waals surface area (Å²) in [5, 5.41) is 2.68. The largest absolute Gasteiger partial charge is 0.357 e. The Hall–Kier alpha value is -2.83. The molecule has 0 aliphatic carbocycles. The third kappa shape index (κ3) is 2.73. The van der Waals surface area contributed by atoms with E-state index in [1.807, 2.05) is 6.07 Å². The van der Waals surface area contributed by atoms with E-state index in [9.17, 15) is 9.59 Å². The SMILES string of the molecule is CNC(=O)[C@@]1(c2cnccn2)CCCN1C(=O)Cc1cccnc1. The van der Waals surface area contributed by atoms with E-state index in [0.29, 0.717) is 18.7 Å². The molecule has 0 radical (unpaired) electrons. The minimum Gasteiger partial charge on any atom is -0.357 e. The number of likely N-dealkylation sites (N-methyl/N-ethyl adjacent to an activating group) is 1. The van der Waals surface area contributed by atoms with Gasteiger partial charge in [0.05, 0.1) is 18.3 Å². The van der Waals surface area contributed by atoms with Gasteiger partial charge in [-0.1, -0.05) is 6.07 Å². The lowest BCUT2D eigenvalue weighted by molar-refractivity contribution is -0.145. The smallest absolute Gasteiger partial charge is 0.252 e. The number of carbonyl (C=O) groups excluding carboxylic acids is 2. The Kier molecular flexibility index (Phi) is 4.50. The minimum absolute atomic E-state index is 0.116. The number of hydrogen-bond donors (Lipinski definition) is 1. The van der Waals surface area contributed by atoms with Gasteiger partial charge in [0, 0.05) is 38.4 Å². The lowest BCUT2D eigenvalue weighted by Gasteiger charge is -2.36. The van der Waals surface area contributed by atoms with E-state index < -0.39 is 5.54 Å². The zero-order valence-electron chi connectivity index (χ0n) is 13.5. The highest BCUT2D eigenvalue weighted by Crippen LogP contribution is 2.38. The van der Waals surface area contributed by atoms with Crippen LogP contribution in [0.25, 0.3) is 0 Å². The molecule has 124 valence electrons. The predicted octanol–water partition coefficient (Wildman–Crippen LogP) is 0.678. The van der Waals surface area contributed by atoms with E-state index in [4.69, 9.17) is 0 Å². The van der Waals surface area contributed by atoms with Crippen LogP contribution in [0, 0.1) is 0 Å². The molecule has 2 aromatic rings. The van der Waals surface area contributed by atoms with Crippen molar-refractivity contribution in [2.45, 2.75) is 24.8 Å². The van der Waals surface area contributed by atoms with Gasteiger partial charge in [-0.25, -0.2) is 0 Å². The first-order valence-corrected chi connectivity index (χ1v) is 7.86. The molecule has 1 aliphatic heterocycles. The van der Waals surface area contributed by atoms with Crippen LogP contribution in [-0.4, -0.2) is 45.3 Å². The highest BCUT2D eigenvalue weighted by Gasteiger charge is 2.51. The van der Waals surface area contributed by atoms with Gasteiger partial charge in [0.25, 0.3) is 5.91 Å². The monoisotopic (exact) mass is 325 g/mol. The van der Waals surface area contributed by atoms with Crippen LogP contribution in [0.2, 0.25) is 0 Å². The number of amides is 2. The highest BCUT2D eigenvalue weighted by atomic mass is 16.2. The summed E-state index contributed by atoms with van der Waals surface area (Å²) in [4.78, 5) is 39.7. The van der Waals surface area contributed by atoms with Crippen LogP contribution in [0.15, 0.2) is 43.1 Å². The van der Waals surface area contributed by atoms with Gasteiger partial charge < -0.3 is 10.2 Å². The van der Waals surface area contributed by atoms with Crippen molar-refractivity contribution in [2.24, 2.45) is 0 Å². The summed E-state index contributed by atoms with van der Waals surface area (Å²) < 4.78 is 0. The van der Waals surface area contributed by atoms with E-state index in [0.717, 1.165) is 12.0 Å². The number of pyridine rings is 1. The van der Waals surface area contributed by atoms with Gasteiger partial charge in [-0.05, 0) is 24.5 Å². The summed E-state index contributed by atoms with van der Waals surface area (Å²) in [7, 11) is 1.57. The van der Waals surface area contributed by atoms with Crippen molar-refractivity contribution >= 4 is 11.8 Å². The molecule has 3 heterocycles. The van der Waals surface area contributed by atoms with Gasteiger partial charge in [-0.2, -0.15) is 0 Å². The molecule has 0 spiro atoms. The predicted molar refractivity (Wildman–Crippen MR) is 86.7 cm³/mol. The number of nitrogens with zero attached hydrogens (tertiary/aromatic N) is 4. The molecule has 1 N–H and O–H groups in total. The van der Waals surface area contributed by atoms with Crippen LogP contribution in [0.5, 0.6) is 0 Å². The number of aromatic nitrogens is 3. The zero-order chi connectivity index (χ0) is 17.0. The van der Waals surface area contributed by atoms with Crippen molar-refractivity contribution in [1.29, 1.82) is 0 Å². The molecule has 7 nitrogen and oxygen atoms in total. The van der Waals surface area contributed by atoms with Gasteiger partial charge >= 0.3 is 0 Å². The lowest BCUT2D eigenvalue weighted by Crippen LogP contribution is -2.55. The van der Waals surface area contributed by atoms with Gasteiger partial charge in [-0.3, -0.25) is 24.5 Å². The van der Waals surface area contributed by atoms with E-state index in [-0.39, 0.29) is 18.2 Å². The van der Waals surface area contributed by atoms with Crippen molar-refractivity contribution in [1.82, 2.24) is 25.2 Å². The van der Waals surface area contributed by atoms with E-state index in [2.05, 4.69) is 20.3 Å². The van der Waals surface area contributed by atoms with E-state index in [1.165, 1.54) is 0 Å². The van der Waals surface area contributed by atoms with Crippen LogP contribution in [0.3, 0.4) is 0 Å². The first kappa shape index (κ1) is 16.0. The highest BCUT2D eigenvalue weighted by molar-refractivity contribution is 5.93. The fourth-order valence-corrected chi connectivity index (χ4v) is 3.27. The second kappa shape index (κ2) is 6.74. The Bertz CT molecular complexity index is 722. The molecular formula is C17H19N5O2. The van der Waals surface area contributed by atoms with Crippen molar-refractivity contribution in [3.63, 3.8) is 0 Å².